The predicted molar refractivity (Wildman–Crippen MR) is 56.8 cm³/mol. The first-order chi connectivity index (χ1) is 7.77. The van der Waals surface area contributed by atoms with Gasteiger partial charge in [0.1, 0.15) is 6.04 Å². The van der Waals surface area contributed by atoms with E-state index in [2.05, 4.69) is 10.6 Å². The van der Waals surface area contributed by atoms with E-state index in [1.165, 1.54) is 6.26 Å². The molecule has 2 amide bonds. The molecule has 16 heavy (non-hydrogen) atoms. The minimum Gasteiger partial charge on any atom is -0.459 e. The molecule has 0 saturated carbocycles. The number of carbonyl (C=O) groups is 2. The lowest BCUT2D eigenvalue weighted by molar-refractivity contribution is -0.122. The summed E-state index contributed by atoms with van der Waals surface area (Å²) in [6.45, 7) is 0.686. The molecule has 0 spiro atoms. The van der Waals surface area contributed by atoms with Crippen LogP contribution in [0.2, 0.25) is 0 Å². The van der Waals surface area contributed by atoms with Crippen LogP contribution in [0.5, 0.6) is 0 Å². The first kappa shape index (κ1) is 10.7. The van der Waals surface area contributed by atoms with E-state index >= 15 is 0 Å². The third-order valence-electron chi connectivity index (χ3n) is 2.59. The number of carbonyl (C=O) groups excluding carboxylic acids is 2. The molecule has 1 aliphatic heterocycles. The summed E-state index contributed by atoms with van der Waals surface area (Å²) in [6.07, 6.45) is 4.00. The van der Waals surface area contributed by atoms with Gasteiger partial charge in [0.15, 0.2) is 5.76 Å². The number of rotatable bonds is 2. The van der Waals surface area contributed by atoms with Gasteiger partial charge in [-0.3, -0.25) is 9.59 Å². The first-order valence-electron chi connectivity index (χ1n) is 5.39. The Bertz CT molecular complexity index is 373. The number of hydrogen-bond acceptors (Lipinski definition) is 3. The molecule has 1 fully saturated rings. The van der Waals surface area contributed by atoms with Crippen molar-refractivity contribution in [1.29, 1.82) is 0 Å². The van der Waals surface area contributed by atoms with Gasteiger partial charge in [-0.2, -0.15) is 0 Å². The highest BCUT2D eigenvalue weighted by Crippen LogP contribution is 2.07. The van der Waals surface area contributed by atoms with Crippen molar-refractivity contribution in [3.05, 3.63) is 24.2 Å². The van der Waals surface area contributed by atoms with E-state index in [1.54, 1.807) is 12.1 Å². The lowest BCUT2D eigenvalue weighted by Crippen LogP contribution is -2.45. The van der Waals surface area contributed by atoms with Crippen molar-refractivity contribution in [2.75, 3.05) is 6.54 Å². The smallest absolute Gasteiger partial charge is 0.287 e. The van der Waals surface area contributed by atoms with Crippen LogP contribution in [0.15, 0.2) is 22.8 Å². The van der Waals surface area contributed by atoms with Gasteiger partial charge in [0.2, 0.25) is 5.91 Å². The fourth-order valence-electron chi connectivity index (χ4n) is 1.71. The quantitative estimate of drug-likeness (QED) is 0.772. The van der Waals surface area contributed by atoms with E-state index in [1.807, 2.05) is 0 Å². The molecule has 1 aliphatic rings. The molecule has 0 aliphatic carbocycles. The van der Waals surface area contributed by atoms with E-state index in [9.17, 15) is 9.59 Å². The minimum absolute atomic E-state index is 0.114. The van der Waals surface area contributed by atoms with Gasteiger partial charge in [-0.15, -0.1) is 0 Å². The van der Waals surface area contributed by atoms with Crippen molar-refractivity contribution in [3.63, 3.8) is 0 Å². The fourth-order valence-corrected chi connectivity index (χ4v) is 1.71. The topological polar surface area (TPSA) is 71.3 Å². The van der Waals surface area contributed by atoms with Gasteiger partial charge < -0.3 is 15.1 Å². The summed E-state index contributed by atoms with van der Waals surface area (Å²) >= 11 is 0. The number of furan rings is 1. The highest BCUT2D eigenvalue weighted by molar-refractivity contribution is 5.95. The largest absolute Gasteiger partial charge is 0.459 e. The Morgan fingerprint density at radius 3 is 3.12 bits per heavy atom. The molecule has 0 radical (unpaired) electrons. The molecular weight excluding hydrogens is 208 g/mol. The van der Waals surface area contributed by atoms with Crippen LogP contribution in [-0.4, -0.2) is 24.4 Å². The molecule has 0 aromatic carbocycles. The Morgan fingerprint density at radius 1 is 1.50 bits per heavy atom. The zero-order valence-electron chi connectivity index (χ0n) is 8.86. The average molecular weight is 222 g/mol. The van der Waals surface area contributed by atoms with Crippen LogP contribution in [0.1, 0.15) is 29.8 Å². The third-order valence-corrected chi connectivity index (χ3v) is 2.59. The van der Waals surface area contributed by atoms with Crippen molar-refractivity contribution in [1.82, 2.24) is 10.6 Å². The Kier molecular flexibility index (Phi) is 3.24. The summed E-state index contributed by atoms with van der Waals surface area (Å²) in [4.78, 5) is 23.2. The Balaban J connectivity index is 1.97. The lowest BCUT2D eigenvalue weighted by Gasteiger charge is -2.13. The van der Waals surface area contributed by atoms with E-state index < -0.39 is 6.04 Å². The van der Waals surface area contributed by atoms with Gasteiger partial charge >= 0.3 is 0 Å². The van der Waals surface area contributed by atoms with E-state index in [0.29, 0.717) is 13.0 Å². The number of amides is 2. The van der Waals surface area contributed by atoms with Crippen molar-refractivity contribution < 1.29 is 14.0 Å². The van der Waals surface area contributed by atoms with Crippen molar-refractivity contribution in [2.24, 2.45) is 0 Å². The van der Waals surface area contributed by atoms with Crippen LogP contribution >= 0.6 is 0 Å². The SMILES string of the molecule is O=C(N[C@H]1CCCCNC1=O)c1ccco1. The highest BCUT2D eigenvalue weighted by atomic mass is 16.3. The molecule has 0 bridgehead atoms. The second kappa shape index (κ2) is 4.83. The van der Waals surface area contributed by atoms with Crippen molar-refractivity contribution in [2.45, 2.75) is 25.3 Å². The molecule has 2 rings (SSSR count). The highest BCUT2D eigenvalue weighted by Gasteiger charge is 2.23. The lowest BCUT2D eigenvalue weighted by atomic mass is 10.1. The molecule has 5 nitrogen and oxygen atoms in total. The van der Waals surface area contributed by atoms with Crippen molar-refractivity contribution in [3.8, 4) is 0 Å². The normalized spacial score (nSPS) is 21.0. The zero-order chi connectivity index (χ0) is 11.4. The minimum atomic E-state index is -0.444. The molecule has 0 unspecified atom stereocenters. The van der Waals surface area contributed by atoms with Gasteiger partial charge in [0, 0.05) is 6.54 Å². The monoisotopic (exact) mass is 222 g/mol. The molecule has 2 N–H and O–H groups in total. The standard InChI is InChI=1S/C11H14N2O3/c14-10-8(4-1-2-6-12-10)13-11(15)9-5-3-7-16-9/h3,5,7-8H,1-2,4,6H2,(H,12,14)(H,13,15)/t8-/m0/s1. The van der Waals surface area contributed by atoms with E-state index in [4.69, 9.17) is 4.42 Å². The third kappa shape index (κ3) is 2.42. The van der Waals surface area contributed by atoms with Gasteiger partial charge in [0.25, 0.3) is 5.91 Å². The second-order valence-electron chi connectivity index (χ2n) is 3.79. The maximum atomic E-state index is 11.6. The van der Waals surface area contributed by atoms with Crippen molar-refractivity contribution >= 4 is 11.8 Å². The van der Waals surface area contributed by atoms with Gasteiger partial charge in [-0.25, -0.2) is 0 Å². The Hall–Kier alpha value is -1.78. The molecule has 1 aromatic rings. The maximum absolute atomic E-state index is 11.6. The molecule has 1 saturated heterocycles. The molecule has 5 heteroatoms. The summed E-state index contributed by atoms with van der Waals surface area (Å²) in [5.74, 6) is -0.221. The van der Waals surface area contributed by atoms with Crippen LogP contribution in [-0.2, 0) is 4.79 Å². The van der Waals surface area contributed by atoms with E-state index in [-0.39, 0.29) is 17.6 Å². The van der Waals surface area contributed by atoms with Gasteiger partial charge in [-0.1, -0.05) is 0 Å². The summed E-state index contributed by atoms with van der Waals surface area (Å²) in [5, 5.41) is 5.43. The zero-order valence-corrected chi connectivity index (χ0v) is 8.86. The van der Waals surface area contributed by atoms with E-state index in [0.717, 1.165) is 12.8 Å². The maximum Gasteiger partial charge on any atom is 0.287 e. The van der Waals surface area contributed by atoms with Crippen LogP contribution in [0.4, 0.5) is 0 Å². The average Bonchev–Trinajstić information content (AvgIpc) is 2.73. The summed E-state index contributed by atoms with van der Waals surface area (Å²) in [6, 6.07) is 2.77. The molecule has 86 valence electrons. The van der Waals surface area contributed by atoms with Crippen LogP contribution in [0, 0.1) is 0 Å². The first-order valence-corrected chi connectivity index (χ1v) is 5.39. The second-order valence-corrected chi connectivity index (χ2v) is 3.79. The summed E-state index contributed by atoms with van der Waals surface area (Å²) in [7, 11) is 0. The molecule has 2 heterocycles. The molecule has 1 atom stereocenters. The summed E-state index contributed by atoms with van der Waals surface area (Å²) < 4.78 is 4.96. The van der Waals surface area contributed by atoms with Gasteiger partial charge in [0.05, 0.1) is 6.26 Å². The number of hydrogen-bond donors (Lipinski definition) is 2. The van der Waals surface area contributed by atoms with Crippen LogP contribution in [0.25, 0.3) is 0 Å². The van der Waals surface area contributed by atoms with Gasteiger partial charge in [-0.05, 0) is 31.4 Å². The Labute approximate surface area is 93.2 Å². The number of nitrogens with one attached hydrogen (secondary N) is 2. The fraction of sp³-hybridized carbons (Fsp3) is 0.455. The Morgan fingerprint density at radius 2 is 2.38 bits per heavy atom. The van der Waals surface area contributed by atoms with Crippen LogP contribution < -0.4 is 10.6 Å². The molecule has 1 aromatic heterocycles. The summed E-state index contributed by atoms with van der Waals surface area (Å²) in [5.41, 5.74) is 0. The molecular formula is C11H14N2O3. The van der Waals surface area contributed by atoms with Crippen LogP contribution in [0.3, 0.4) is 0 Å². The predicted octanol–water partition coefficient (Wildman–Crippen LogP) is 0.678.